The molecule has 1 heterocycles. The first-order valence-corrected chi connectivity index (χ1v) is 12.0. The molecule has 2 aromatic carbocycles. The van der Waals surface area contributed by atoms with Crippen molar-refractivity contribution in [3.63, 3.8) is 0 Å². The second kappa shape index (κ2) is 9.35. The quantitative estimate of drug-likeness (QED) is 0.625. The topological polar surface area (TPSA) is 63.7 Å². The van der Waals surface area contributed by atoms with Crippen LogP contribution in [0.5, 0.6) is 5.75 Å². The van der Waals surface area contributed by atoms with E-state index in [0.29, 0.717) is 30.3 Å². The van der Waals surface area contributed by atoms with E-state index in [9.17, 15) is 17.6 Å². The molecule has 5 nitrogen and oxygen atoms in total. The first-order valence-electron chi connectivity index (χ1n) is 9.83. The zero-order valence-corrected chi connectivity index (χ0v) is 18.5. The van der Waals surface area contributed by atoms with E-state index in [0.717, 1.165) is 0 Å². The van der Waals surface area contributed by atoms with Crippen LogP contribution >= 0.6 is 11.6 Å². The van der Waals surface area contributed by atoms with Crippen molar-refractivity contribution < 1.29 is 22.3 Å². The van der Waals surface area contributed by atoms with Crippen molar-refractivity contribution in [2.75, 3.05) is 18.1 Å². The van der Waals surface area contributed by atoms with Gasteiger partial charge in [0.25, 0.3) is 5.91 Å². The number of hydrogen-bond acceptors (Lipinski definition) is 4. The van der Waals surface area contributed by atoms with Crippen molar-refractivity contribution in [2.24, 2.45) is 5.92 Å². The van der Waals surface area contributed by atoms with Gasteiger partial charge in [-0.3, -0.25) is 4.79 Å². The summed E-state index contributed by atoms with van der Waals surface area (Å²) in [5, 5.41) is 0.200. The van der Waals surface area contributed by atoms with E-state index in [2.05, 4.69) is 0 Å². The monoisotopic (exact) mass is 453 g/mol. The number of benzene rings is 2. The Kier molecular flexibility index (Phi) is 7.03. The average Bonchev–Trinajstić information content (AvgIpc) is 3.05. The van der Waals surface area contributed by atoms with Crippen molar-refractivity contribution >= 4 is 27.3 Å². The van der Waals surface area contributed by atoms with Gasteiger partial charge in [0.1, 0.15) is 11.6 Å². The van der Waals surface area contributed by atoms with Gasteiger partial charge < -0.3 is 9.64 Å². The molecule has 1 fully saturated rings. The number of nitrogens with zero attached hydrogens (tertiary/aromatic N) is 1. The fourth-order valence-corrected chi connectivity index (χ4v) is 5.32. The lowest BCUT2D eigenvalue weighted by Gasteiger charge is -2.29. The first-order chi connectivity index (χ1) is 14.2. The molecule has 0 aromatic heterocycles. The normalized spacial score (nSPS) is 17.8. The van der Waals surface area contributed by atoms with Crippen molar-refractivity contribution in [1.29, 1.82) is 0 Å². The van der Waals surface area contributed by atoms with E-state index in [1.54, 1.807) is 30.3 Å². The van der Waals surface area contributed by atoms with E-state index >= 15 is 0 Å². The van der Waals surface area contributed by atoms with Crippen LogP contribution in [0.2, 0.25) is 5.02 Å². The van der Waals surface area contributed by atoms with Gasteiger partial charge >= 0.3 is 0 Å². The lowest BCUT2D eigenvalue weighted by molar-refractivity contribution is 0.0679. The van der Waals surface area contributed by atoms with Gasteiger partial charge in [0.2, 0.25) is 0 Å². The number of carbonyl (C=O) groups excluding carboxylic acids is 1. The number of carbonyl (C=O) groups is 1. The molecular formula is C22H25ClFNO4S. The molecule has 0 aliphatic carbocycles. The fraction of sp³-hybridized carbons (Fsp3) is 0.409. The molecule has 1 amide bonds. The highest BCUT2D eigenvalue weighted by molar-refractivity contribution is 7.91. The van der Waals surface area contributed by atoms with Crippen molar-refractivity contribution in [3.8, 4) is 5.75 Å². The van der Waals surface area contributed by atoms with Gasteiger partial charge in [0.05, 0.1) is 24.7 Å². The molecule has 0 radical (unpaired) electrons. The molecule has 1 aliphatic heterocycles. The summed E-state index contributed by atoms with van der Waals surface area (Å²) >= 11 is 6.16. The van der Waals surface area contributed by atoms with Crippen LogP contribution in [0.4, 0.5) is 4.39 Å². The molecule has 1 atom stereocenters. The summed E-state index contributed by atoms with van der Waals surface area (Å²) in [6.07, 6.45) is 0.315. The summed E-state index contributed by atoms with van der Waals surface area (Å²) in [7, 11) is -3.23. The van der Waals surface area contributed by atoms with Gasteiger partial charge in [-0.1, -0.05) is 31.5 Å². The highest BCUT2D eigenvalue weighted by Gasteiger charge is 2.35. The molecule has 0 N–H and O–H groups in total. The minimum atomic E-state index is -3.23. The number of hydrogen-bond donors (Lipinski definition) is 0. The summed E-state index contributed by atoms with van der Waals surface area (Å²) < 4.78 is 44.0. The largest absolute Gasteiger partial charge is 0.493 e. The van der Waals surface area contributed by atoms with Crippen LogP contribution in [0.25, 0.3) is 0 Å². The van der Waals surface area contributed by atoms with Crippen LogP contribution in [-0.4, -0.2) is 43.4 Å². The Balaban J connectivity index is 1.87. The van der Waals surface area contributed by atoms with Crippen molar-refractivity contribution in [1.82, 2.24) is 4.90 Å². The standard InChI is InChI=1S/C22H25ClFNO4S/c1-15(2)13-29-18-8-6-16(7-9-18)22(26)25(17-10-11-30(27,28)14-17)12-19-20(23)4-3-5-21(19)24/h3-9,15,17H,10-14H2,1-2H3. The number of ether oxygens (including phenoxy) is 1. The molecule has 162 valence electrons. The molecule has 30 heavy (non-hydrogen) atoms. The first kappa shape index (κ1) is 22.6. The van der Waals surface area contributed by atoms with Crippen LogP contribution in [-0.2, 0) is 16.4 Å². The van der Waals surface area contributed by atoms with Gasteiger partial charge in [0.15, 0.2) is 9.84 Å². The van der Waals surface area contributed by atoms with Gasteiger partial charge in [0, 0.05) is 22.2 Å². The van der Waals surface area contributed by atoms with Crippen LogP contribution < -0.4 is 4.74 Å². The SMILES string of the molecule is CC(C)COc1ccc(C(=O)N(Cc2c(F)cccc2Cl)C2CCS(=O)(=O)C2)cc1. The number of halogens is 2. The van der Waals surface area contributed by atoms with Crippen LogP contribution in [0.3, 0.4) is 0 Å². The van der Waals surface area contributed by atoms with E-state index in [1.165, 1.54) is 17.0 Å². The van der Waals surface area contributed by atoms with Gasteiger partial charge in [-0.2, -0.15) is 0 Å². The summed E-state index contributed by atoms with van der Waals surface area (Å²) in [6, 6.07) is 10.5. The highest BCUT2D eigenvalue weighted by Crippen LogP contribution is 2.27. The Labute approximate surface area is 181 Å². The van der Waals surface area contributed by atoms with Crippen molar-refractivity contribution in [3.05, 3.63) is 64.4 Å². The number of rotatable bonds is 7. The molecule has 3 rings (SSSR count). The van der Waals surface area contributed by atoms with Crippen molar-refractivity contribution in [2.45, 2.75) is 32.9 Å². The highest BCUT2D eigenvalue weighted by atomic mass is 35.5. The van der Waals surface area contributed by atoms with Gasteiger partial charge in [-0.05, 0) is 48.7 Å². The number of sulfone groups is 1. The van der Waals surface area contributed by atoms with E-state index < -0.39 is 21.7 Å². The summed E-state index contributed by atoms with van der Waals surface area (Å²) in [6.45, 7) is 4.54. The number of amides is 1. The molecule has 1 unspecified atom stereocenters. The Morgan fingerprint density at radius 3 is 2.50 bits per heavy atom. The maximum Gasteiger partial charge on any atom is 0.254 e. The second-order valence-corrected chi connectivity index (χ2v) is 10.6. The maximum absolute atomic E-state index is 14.4. The third kappa shape index (κ3) is 5.52. The van der Waals surface area contributed by atoms with Crippen LogP contribution in [0.15, 0.2) is 42.5 Å². The lowest BCUT2D eigenvalue weighted by atomic mass is 10.1. The fourth-order valence-electron chi connectivity index (χ4n) is 3.36. The third-order valence-corrected chi connectivity index (χ3v) is 7.09. The second-order valence-electron chi connectivity index (χ2n) is 7.92. The Bertz CT molecular complexity index is 988. The summed E-state index contributed by atoms with van der Waals surface area (Å²) in [5.41, 5.74) is 0.553. The van der Waals surface area contributed by atoms with E-state index in [4.69, 9.17) is 16.3 Å². The molecule has 1 saturated heterocycles. The van der Waals surface area contributed by atoms with Crippen LogP contribution in [0.1, 0.15) is 36.2 Å². The Morgan fingerprint density at radius 2 is 1.93 bits per heavy atom. The third-order valence-electron chi connectivity index (χ3n) is 4.98. The minimum Gasteiger partial charge on any atom is -0.493 e. The molecule has 2 aromatic rings. The Hall–Kier alpha value is -2.12. The van der Waals surface area contributed by atoms with E-state index in [-0.39, 0.29) is 34.5 Å². The lowest BCUT2D eigenvalue weighted by Crippen LogP contribution is -2.41. The zero-order chi connectivity index (χ0) is 21.9. The molecular weight excluding hydrogens is 429 g/mol. The molecule has 1 aliphatic rings. The molecule has 0 saturated carbocycles. The smallest absolute Gasteiger partial charge is 0.254 e. The summed E-state index contributed by atoms with van der Waals surface area (Å²) in [4.78, 5) is 14.7. The predicted octanol–water partition coefficient (Wildman–Crippen LogP) is 4.34. The average molecular weight is 454 g/mol. The molecule has 8 heteroatoms. The summed E-state index contributed by atoms with van der Waals surface area (Å²) in [5.74, 6) is -0.0103. The molecule has 0 spiro atoms. The van der Waals surface area contributed by atoms with Crippen LogP contribution in [0, 0.1) is 11.7 Å². The van der Waals surface area contributed by atoms with Gasteiger partial charge in [-0.25, -0.2) is 12.8 Å². The Morgan fingerprint density at radius 1 is 1.23 bits per heavy atom. The van der Waals surface area contributed by atoms with E-state index in [1.807, 2.05) is 13.8 Å². The predicted molar refractivity (Wildman–Crippen MR) is 115 cm³/mol. The maximum atomic E-state index is 14.4. The van der Waals surface area contributed by atoms with Gasteiger partial charge in [-0.15, -0.1) is 0 Å². The molecule has 0 bridgehead atoms. The zero-order valence-electron chi connectivity index (χ0n) is 17.0. The minimum absolute atomic E-state index is 0.00836.